The van der Waals surface area contributed by atoms with Crippen LogP contribution in [0.15, 0.2) is 0 Å². The summed E-state index contributed by atoms with van der Waals surface area (Å²) < 4.78 is 20.6. The SMILES string of the molecule is [NH]C(=O)NCCOCCOCCOCCOCCC(=O)O. The molecule has 0 heterocycles. The van der Waals surface area contributed by atoms with E-state index in [1.54, 1.807) is 0 Å². The van der Waals surface area contributed by atoms with Crippen LogP contribution < -0.4 is 11.1 Å². The number of hydrogen-bond acceptors (Lipinski definition) is 6. The van der Waals surface area contributed by atoms with Crippen molar-refractivity contribution in [1.29, 1.82) is 0 Å². The molecule has 0 aromatic heterocycles. The first-order valence-corrected chi connectivity index (χ1v) is 6.65. The Morgan fingerprint density at radius 3 is 1.67 bits per heavy atom. The van der Waals surface area contributed by atoms with Gasteiger partial charge in [0, 0.05) is 6.54 Å². The van der Waals surface area contributed by atoms with Crippen LogP contribution in [-0.4, -0.2) is 76.5 Å². The summed E-state index contributed by atoms with van der Waals surface area (Å²) >= 11 is 0. The number of nitrogens with one attached hydrogen (secondary N) is 2. The molecular weight excluding hydrogens is 284 g/mol. The summed E-state index contributed by atoms with van der Waals surface area (Å²) in [6.07, 6.45) is -0.00537. The molecule has 0 spiro atoms. The molecule has 9 heteroatoms. The Kier molecular flexibility index (Phi) is 14.0. The number of aliphatic carboxylic acids is 1. The third-order valence-electron chi connectivity index (χ3n) is 2.11. The smallest absolute Gasteiger partial charge is 0.333 e. The van der Waals surface area contributed by atoms with Crippen LogP contribution in [0.5, 0.6) is 0 Å². The summed E-state index contributed by atoms with van der Waals surface area (Å²) in [4.78, 5) is 20.4. The van der Waals surface area contributed by atoms with Crippen LogP contribution in [0, 0.1) is 0 Å². The highest BCUT2D eigenvalue weighted by atomic mass is 16.6. The van der Waals surface area contributed by atoms with Crippen LogP contribution in [0.25, 0.3) is 0 Å². The van der Waals surface area contributed by atoms with Gasteiger partial charge in [-0.05, 0) is 0 Å². The molecule has 0 fully saturated rings. The highest BCUT2D eigenvalue weighted by Crippen LogP contribution is 1.85. The van der Waals surface area contributed by atoms with Crippen molar-refractivity contribution in [2.24, 2.45) is 0 Å². The number of amides is 2. The molecule has 0 bridgehead atoms. The minimum absolute atomic E-state index is 0.00537. The molecule has 9 nitrogen and oxygen atoms in total. The normalized spacial score (nSPS) is 10.5. The van der Waals surface area contributed by atoms with Crippen LogP contribution >= 0.6 is 0 Å². The van der Waals surface area contributed by atoms with E-state index in [9.17, 15) is 9.59 Å². The Morgan fingerprint density at radius 2 is 1.24 bits per heavy atom. The summed E-state index contributed by atoms with van der Waals surface area (Å²) in [6, 6.07) is -0.820. The molecule has 1 radical (unpaired) electrons. The molecule has 0 aliphatic rings. The van der Waals surface area contributed by atoms with Crippen molar-refractivity contribution in [3.8, 4) is 0 Å². The van der Waals surface area contributed by atoms with Gasteiger partial charge in [0.05, 0.1) is 59.3 Å². The number of carbonyl (C=O) groups excluding carboxylic acids is 1. The standard InChI is InChI=1S/C12H23N2O7/c13-12(17)14-2-4-19-6-8-21-10-9-20-7-5-18-3-1-11(15)16/h13H,1-10H2,(H,14,17)(H,15,16). The first kappa shape index (κ1) is 19.6. The summed E-state index contributed by atoms with van der Waals surface area (Å²) in [5.41, 5.74) is 6.58. The number of carboxylic acid groups (broad SMARTS) is 1. The van der Waals surface area contributed by atoms with E-state index in [0.717, 1.165) is 0 Å². The molecule has 21 heavy (non-hydrogen) atoms. The fourth-order valence-corrected chi connectivity index (χ4v) is 1.16. The molecule has 0 aliphatic carbocycles. The second-order valence-corrected chi connectivity index (χ2v) is 3.85. The average molecular weight is 307 g/mol. The van der Waals surface area contributed by atoms with Gasteiger partial charge in [-0.3, -0.25) is 4.79 Å². The Morgan fingerprint density at radius 1 is 0.810 bits per heavy atom. The van der Waals surface area contributed by atoms with Crippen LogP contribution in [0.3, 0.4) is 0 Å². The molecule has 0 saturated carbocycles. The highest BCUT2D eigenvalue weighted by Gasteiger charge is 1.96. The van der Waals surface area contributed by atoms with E-state index in [1.165, 1.54) is 0 Å². The van der Waals surface area contributed by atoms with Gasteiger partial charge in [0.2, 0.25) is 0 Å². The van der Waals surface area contributed by atoms with Crippen molar-refractivity contribution in [1.82, 2.24) is 11.1 Å². The molecule has 0 aromatic carbocycles. The van der Waals surface area contributed by atoms with Gasteiger partial charge in [-0.25, -0.2) is 10.5 Å². The van der Waals surface area contributed by atoms with E-state index in [1.807, 2.05) is 0 Å². The Hall–Kier alpha value is -1.42. The lowest BCUT2D eigenvalue weighted by Crippen LogP contribution is -2.26. The first-order chi connectivity index (χ1) is 10.1. The second-order valence-electron chi connectivity index (χ2n) is 3.85. The zero-order valence-electron chi connectivity index (χ0n) is 12.0. The molecular formula is C12H23N2O7. The minimum atomic E-state index is -0.881. The zero-order valence-corrected chi connectivity index (χ0v) is 12.0. The van der Waals surface area contributed by atoms with Crippen molar-refractivity contribution >= 4 is 12.0 Å². The predicted octanol–water partition coefficient (Wildman–Crippen LogP) is -0.480. The maximum Gasteiger partial charge on any atom is 0.333 e. The number of rotatable bonds is 15. The Balaban J connectivity index is 2.99. The fraction of sp³-hybridized carbons (Fsp3) is 0.833. The number of carboxylic acids is 1. The van der Waals surface area contributed by atoms with Gasteiger partial charge >= 0.3 is 12.0 Å². The summed E-state index contributed by atoms with van der Waals surface area (Å²) in [5.74, 6) is -0.881. The molecule has 0 saturated heterocycles. The zero-order chi connectivity index (χ0) is 15.8. The van der Waals surface area contributed by atoms with Crippen LogP contribution in [-0.2, 0) is 23.7 Å². The predicted molar refractivity (Wildman–Crippen MR) is 72.0 cm³/mol. The molecule has 0 aromatic rings. The van der Waals surface area contributed by atoms with E-state index in [2.05, 4.69) is 5.32 Å². The van der Waals surface area contributed by atoms with Crippen molar-refractivity contribution in [2.45, 2.75) is 6.42 Å². The van der Waals surface area contributed by atoms with Crippen LogP contribution in [0.2, 0.25) is 0 Å². The van der Waals surface area contributed by atoms with Gasteiger partial charge in [0.1, 0.15) is 0 Å². The summed E-state index contributed by atoms with van der Waals surface area (Å²) in [6.45, 7) is 3.29. The topological polar surface area (TPSA) is 127 Å². The van der Waals surface area contributed by atoms with E-state index in [4.69, 9.17) is 29.8 Å². The molecule has 3 N–H and O–H groups in total. The first-order valence-electron chi connectivity index (χ1n) is 6.65. The molecule has 0 aliphatic heterocycles. The Labute approximate surface area is 123 Å². The van der Waals surface area contributed by atoms with Gasteiger partial charge in [-0.1, -0.05) is 0 Å². The molecule has 123 valence electrons. The fourth-order valence-electron chi connectivity index (χ4n) is 1.16. The number of carbonyl (C=O) groups is 2. The van der Waals surface area contributed by atoms with Crippen LogP contribution in [0.4, 0.5) is 4.79 Å². The molecule has 0 atom stereocenters. The molecule has 2 amide bonds. The van der Waals surface area contributed by atoms with Crippen molar-refractivity contribution in [3.05, 3.63) is 0 Å². The second kappa shape index (κ2) is 15.0. The van der Waals surface area contributed by atoms with Gasteiger partial charge in [0.15, 0.2) is 0 Å². The van der Waals surface area contributed by atoms with Gasteiger partial charge in [-0.15, -0.1) is 0 Å². The third kappa shape index (κ3) is 18.6. The molecule has 0 rings (SSSR count). The van der Waals surface area contributed by atoms with Crippen molar-refractivity contribution in [2.75, 3.05) is 59.4 Å². The quantitative estimate of drug-likeness (QED) is 0.391. The number of urea groups is 1. The van der Waals surface area contributed by atoms with E-state index in [-0.39, 0.29) is 13.0 Å². The van der Waals surface area contributed by atoms with E-state index in [0.29, 0.717) is 52.8 Å². The van der Waals surface area contributed by atoms with Gasteiger partial charge in [-0.2, -0.15) is 0 Å². The maximum absolute atomic E-state index is 10.2. The third-order valence-corrected chi connectivity index (χ3v) is 2.11. The Bertz CT molecular complexity index is 250. The van der Waals surface area contributed by atoms with Crippen molar-refractivity contribution < 1.29 is 33.6 Å². The monoisotopic (exact) mass is 307 g/mol. The number of ether oxygens (including phenoxy) is 4. The van der Waals surface area contributed by atoms with Gasteiger partial charge in [0.25, 0.3) is 0 Å². The lowest BCUT2D eigenvalue weighted by atomic mass is 10.5. The van der Waals surface area contributed by atoms with Crippen LogP contribution in [0.1, 0.15) is 6.42 Å². The maximum atomic E-state index is 10.2. The lowest BCUT2D eigenvalue weighted by molar-refractivity contribution is -0.138. The number of hydrogen-bond donors (Lipinski definition) is 2. The van der Waals surface area contributed by atoms with E-state index < -0.39 is 12.0 Å². The minimum Gasteiger partial charge on any atom is -0.481 e. The lowest BCUT2D eigenvalue weighted by Gasteiger charge is -2.07. The van der Waals surface area contributed by atoms with Crippen molar-refractivity contribution in [3.63, 3.8) is 0 Å². The largest absolute Gasteiger partial charge is 0.481 e. The summed E-state index contributed by atoms with van der Waals surface area (Å²) in [7, 11) is 0. The summed E-state index contributed by atoms with van der Waals surface area (Å²) in [5, 5.41) is 10.7. The average Bonchev–Trinajstić information content (AvgIpc) is 2.42. The van der Waals surface area contributed by atoms with E-state index >= 15 is 0 Å². The molecule has 0 unspecified atom stereocenters. The highest BCUT2D eigenvalue weighted by molar-refractivity contribution is 5.70. The van der Waals surface area contributed by atoms with Gasteiger partial charge < -0.3 is 29.4 Å².